The van der Waals surface area contributed by atoms with Gasteiger partial charge in [0.05, 0.1) is 10.6 Å². The van der Waals surface area contributed by atoms with Crippen LogP contribution in [0, 0.1) is 5.92 Å². The summed E-state index contributed by atoms with van der Waals surface area (Å²) in [6, 6.07) is 1.31. The summed E-state index contributed by atoms with van der Waals surface area (Å²) in [7, 11) is 0. The molecule has 102 valence electrons. The smallest absolute Gasteiger partial charge is 0.329 e. The third-order valence-electron chi connectivity index (χ3n) is 3.28. The molecule has 2 rings (SSSR count). The number of carbonyl (C=O) groups excluding carboxylic acids is 1. The molecule has 0 spiro atoms. The van der Waals surface area contributed by atoms with Crippen molar-refractivity contribution in [2.75, 3.05) is 0 Å². The van der Waals surface area contributed by atoms with Crippen LogP contribution in [0.15, 0.2) is 12.3 Å². The van der Waals surface area contributed by atoms with Gasteiger partial charge in [-0.1, -0.05) is 23.2 Å². The average molecular weight is 303 g/mol. The Labute approximate surface area is 119 Å². The fourth-order valence-electron chi connectivity index (χ4n) is 1.88. The molecule has 0 aliphatic heterocycles. The summed E-state index contributed by atoms with van der Waals surface area (Å²) in [6.45, 7) is 1.50. The van der Waals surface area contributed by atoms with Crippen molar-refractivity contribution in [2.24, 2.45) is 5.92 Å². The van der Waals surface area contributed by atoms with E-state index in [2.05, 4.69) is 10.3 Å². The molecular weight excluding hydrogens is 291 g/mol. The van der Waals surface area contributed by atoms with Crippen LogP contribution in [0.3, 0.4) is 0 Å². The van der Waals surface area contributed by atoms with Gasteiger partial charge >= 0.3 is 5.97 Å². The van der Waals surface area contributed by atoms with E-state index in [1.165, 1.54) is 19.2 Å². The number of amides is 1. The molecular formula is C12H12Cl2N2O3. The molecule has 2 N–H and O–H groups in total. The van der Waals surface area contributed by atoms with Crippen molar-refractivity contribution in [3.63, 3.8) is 0 Å². The SMILES string of the molecule is CC(NC(=O)c1cc(Cl)ncc1Cl)(C(=O)O)C1CC1. The number of carboxylic acids is 1. The third kappa shape index (κ3) is 2.82. The van der Waals surface area contributed by atoms with Crippen molar-refractivity contribution in [1.82, 2.24) is 10.3 Å². The Balaban J connectivity index is 2.25. The molecule has 1 unspecified atom stereocenters. The Morgan fingerprint density at radius 2 is 2.11 bits per heavy atom. The fraction of sp³-hybridized carbons (Fsp3) is 0.417. The molecule has 0 radical (unpaired) electrons. The number of aliphatic carboxylic acids is 1. The Morgan fingerprint density at radius 1 is 1.47 bits per heavy atom. The van der Waals surface area contributed by atoms with Crippen molar-refractivity contribution < 1.29 is 14.7 Å². The summed E-state index contributed by atoms with van der Waals surface area (Å²) in [6.07, 6.45) is 2.83. The van der Waals surface area contributed by atoms with Crippen LogP contribution in [-0.4, -0.2) is 27.5 Å². The van der Waals surface area contributed by atoms with E-state index in [4.69, 9.17) is 23.2 Å². The topological polar surface area (TPSA) is 79.3 Å². The summed E-state index contributed by atoms with van der Waals surface area (Å²) in [4.78, 5) is 27.2. The van der Waals surface area contributed by atoms with Crippen LogP contribution in [0.2, 0.25) is 10.2 Å². The van der Waals surface area contributed by atoms with Crippen molar-refractivity contribution in [1.29, 1.82) is 0 Å². The number of aromatic nitrogens is 1. The molecule has 0 saturated heterocycles. The number of hydrogen-bond donors (Lipinski definition) is 2. The van der Waals surface area contributed by atoms with E-state index in [9.17, 15) is 14.7 Å². The Bertz CT molecular complexity index is 546. The van der Waals surface area contributed by atoms with Crippen LogP contribution in [0.25, 0.3) is 0 Å². The minimum absolute atomic E-state index is 0.0509. The van der Waals surface area contributed by atoms with Crippen molar-refractivity contribution >= 4 is 35.1 Å². The molecule has 1 aliphatic rings. The Kier molecular flexibility index (Phi) is 3.69. The second-order valence-electron chi connectivity index (χ2n) is 4.72. The standard InChI is InChI=1S/C12H12Cl2N2O3/c1-12(11(18)19,6-2-3-6)16-10(17)7-4-9(14)15-5-8(7)13/h4-6H,2-3H2,1H3,(H,16,17)(H,18,19). The van der Waals surface area contributed by atoms with Crippen LogP contribution in [0.5, 0.6) is 0 Å². The van der Waals surface area contributed by atoms with Gasteiger partial charge in [-0.15, -0.1) is 0 Å². The lowest BCUT2D eigenvalue weighted by Crippen LogP contribution is -2.54. The Morgan fingerprint density at radius 3 is 2.63 bits per heavy atom. The van der Waals surface area contributed by atoms with Crippen LogP contribution in [-0.2, 0) is 4.79 Å². The lowest BCUT2D eigenvalue weighted by atomic mass is 9.95. The summed E-state index contributed by atoms with van der Waals surface area (Å²) in [5.41, 5.74) is -1.16. The van der Waals surface area contributed by atoms with Gasteiger partial charge in [0.2, 0.25) is 0 Å². The Hall–Kier alpha value is -1.33. The van der Waals surface area contributed by atoms with Gasteiger partial charge in [0.25, 0.3) is 5.91 Å². The zero-order valence-electron chi connectivity index (χ0n) is 10.1. The van der Waals surface area contributed by atoms with E-state index in [0.29, 0.717) is 0 Å². The first-order chi connectivity index (χ1) is 8.84. The minimum atomic E-state index is -1.28. The third-order valence-corrected chi connectivity index (χ3v) is 3.79. The highest BCUT2D eigenvalue weighted by Crippen LogP contribution is 2.40. The lowest BCUT2D eigenvalue weighted by molar-refractivity contribution is -0.144. The molecule has 1 heterocycles. The summed E-state index contributed by atoms with van der Waals surface area (Å²) < 4.78 is 0. The molecule has 1 saturated carbocycles. The average Bonchev–Trinajstić information content (AvgIpc) is 3.16. The number of carbonyl (C=O) groups is 2. The molecule has 1 fully saturated rings. The largest absolute Gasteiger partial charge is 0.480 e. The summed E-state index contributed by atoms with van der Waals surface area (Å²) >= 11 is 11.6. The second-order valence-corrected chi connectivity index (χ2v) is 5.52. The second kappa shape index (κ2) is 4.98. The first kappa shape index (κ1) is 14.1. The predicted molar refractivity (Wildman–Crippen MR) is 70.5 cm³/mol. The van der Waals surface area contributed by atoms with Gasteiger partial charge in [-0.25, -0.2) is 9.78 Å². The van der Waals surface area contributed by atoms with Gasteiger partial charge in [0.1, 0.15) is 10.7 Å². The van der Waals surface area contributed by atoms with Gasteiger partial charge < -0.3 is 10.4 Å². The minimum Gasteiger partial charge on any atom is -0.480 e. The zero-order valence-corrected chi connectivity index (χ0v) is 11.6. The lowest BCUT2D eigenvalue weighted by Gasteiger charge is -2.26. The summed E-state index contributed by atoms with van der Waals surface area (Å²) in [5, 5.41) is 12.1. The number of rotatable bonds is 4. The summed E-state index contributed by atoms with van der Waals surface area (Å²) in [5.74, 6) is -1.67. The number of hydrogen-bond acceptors (Lipinski definition) is 3. The first-order valence-electron chi connectivity index (χ1n) is 5.71. The van der Waals surface area contributed by atoms with Crippen LogP contribution in [0.4, 0.5) is 0 Å². The van der Waals surface area contributed by atoms with Gasteiger partial charge in [0.15, 0.2) is 0 Å². The maximum absolute atomic E-state index is 12.1. The zero-order chi connectivity index (χ0) is 14.2. The number of nitrogens with one attached hydrogen (secondary N) is 1. The van der Waals surface area contributed by atoms with Gasteiger partial charge in [0, 0.05) is 6.20 Å². The highest BCUT2D eigenvalue weighted by atomic mass is 35.5. The number of nitrogens with zero attached hydrogens (tertiary/aromatic N) is 1. The number of pyridine rings is 1. The van der Waals surface area contributed by atoms with Gasteiger partial charge in [-0.3, -0.25) is 4.79 Å². The van der Waals surface area contributed by atoms with Crippen LogP contribution < -0.4 is 5.32 Å². The normalized spacial score (nSPS) is 17.6. The quantitative estimate of drug-likeness (QED) is 0.837. The highest BCUT2D eigenvalue weighted by Gasteiger charge is 2.48. The van der Waals surface area contributed by atoms with Crippen molar-refractivity contribution in [3.05, 3.63) is 28.0 Å². The van der Waals surface area contributed by atoms with E-state index in [-0.39, 0.29) is 21.7 Å². The molecule has 1 aromatic heterocycles. The maximum Gasteiger partial charge on any atom is 0.329 e. The molecule has 19 heavy (non-hydrogen) atoms. The molecule has 0 bridgehead atoms. The van der Waals surface area contributed by atoms with E-state index >= 15 is 0 Å². The van der Waals surface area contributed by atoms with Crippen LogP contribution in [0.1, 0.15) is 30.1 Å². The number of halogens is 2. The predicted octanol–water partition coefficient (Wildman–Crippen LogP) is 2.37. The molecule has 1 amide bonds. The van der Waals surface area contributed by atoms with Crippen molar-refractivity contribution in [3.8, 4) is 0 Å². The molecule has 1 aromatic rings. The molecule has 1 atom stereocenters. The van der Waals surface area contributed by atoms with Gasteiger partial charge in [-0.05, 0) is 31.7 Å². The van der Waals surface area contributed by atoms with Crippen molar-refractivity contribution in [2.45, 2.75) is 25.3 Å². The highest BCUT2D eigenvalue weighted by molar-refractivity contribution is 6.35. The first-order valence-corrected chi connectivity index (χ1v) is 6.47. The number of carboxylic acid groups (broad SMARTS) is 1. The molecule has 5 nitrogen and oxygen atoms in total. The molecule has 0 aromatic carbocycles. The monoisotopic (exact) mass is 302 g/mol. The maximum atomic E-state index is 12.1. The van der Waals surface area contributed by atoms with E-state index in [1.807, 2.05) is 0 Å². The van der Waals surface area contributed by atoms with Gasteiger partial charge in [-0.2, -0.15) is 0 Å². The van der Waals surface area contributed by atoms with E-state index < -0.39 is 17.4 Å². The van der Waals surface area contributed by atoms with E-state index in [0.717, 1.165) is 12.8 Å². The molecule has 7 heteroatoms. The van der Waals surface area contributed by atoms with Crippen LogP contribution >= 0.6 is 23.2 Å². The molecule has 1 aliphatic carbocycles. The fourth-order valence-corrected chi connectivity index (χ4v) is 2.23. The van der Waals surface area contributed by atoms with E-state index in [1.54, 1.807) is 0 Å².